The Morgan fingerprint density at radius 2 is 2.35 bits per heavy atom. The highest BCUT2D eigenvalue weighted by atomic mass is 16.5. The van der Waals surface area contributed by atoms with Gasteiger partial charge in [0.25, 0.3) is 0 Å². The molecule has 1 saturated heterocycles. The van der Waals surface area contributed by atoms with E-state index in [1.807, 2.05) is 0 Å². The van der Waals surface area contributed by atoms with Gasteiger partial charge >= 0.3 is 5.97 Å². The maximum absolute atomic E-state index is 11.3. The lowest BCUT2D eigenvalue weighted by Gasteiger charge is -2.29. The third-order valence-electron chi connectivity index (χ3n) is 3.06. The lowest BCUT2D eigenvalue weighted by molar-refractivity contribution is -0.138. The van der Waals surface area contributed by atoms with Gasteiger partial charge in [-0.25, -0.2) is 4.79 Å². The van der Waals surface area contributed by atoms with Crippen LogP contribution in [-0.2, 0) is 9.53 Å². The third kappa shape index (κ3) is 5.33. The number of nitrogens with zero attached hydrogens (tertiary/aromatic N) is 1. The van der Waals surface area contributed by atoms with Crippen molar-refractivity contribution < 1.29 is 9.53 Å². The third-order valence-corrected chi connectivity index (χ3v) is 3.06. The number of carbonyl (C=O) groups excluding carboxylic acids is 1. The molecule has 4 nitrogen and oxygen atoms in total. The van der Waals surface area contributed by atoms with E-state index in [0.29, 0.717) is 24.6 Å². The van der Waals surface area contributed by atoms with Crippen LogP contribution in [-0.4, -0.2) is 50.7 Å². The lowest BCUT2D eigenvalue weighted by Crippen LogP contribution is -2.38. The Hall–Kier alpha value is -0.870. The number of hydrogen-bond donors (Lipinski definition) is 1. The molecule has 1 aliphatic rings. The Bertz CT molecular complexity index is 266. The second-order valence-corrected chi connectivity index (χ2v) is 4.73. The van der Waals surface area contributed by atoms with Crippen LogP contribution in [0.3, 0.4) is 0 Å². The predicted molar refractivity (Wildman–Crippen MR) is 68.9 cm³/mol. The average Bonchev–Trinajstić information content (AvgIpc) is 2.29. The molecule has 0 spiro atoms. The van der Waals surface area contributed by atoms with Crippen LogP contribution in [0.1, 0.15) is 19.8 Å². The van der Waals surface area contributed by atoms with Gasteiger partial charge in [-0.2, -0.15) is 0 Å². The van der Waals surface area contributed by atoms with Crippen molar-refractivity contribution in [3.63, 3.8) is 0 Å². The first-order valence-corrected chi connectivity index (χ1v) is 6.37. The van der Waals surface area contributed by atoms with Gasteiger partial charge in [-0.1, -0.05) is 6.58 Å². The topological polar surface area (TPSA) is 41.6 Å². The molecule has 0 radical (unpaired) electrons. The van der Waals surface area contributed by atoms with Crippen LogP contribution < -0.4 is 5.32 Å². The molecule has 1 N–H and O–H groups in total. The van der Waals surface area contributed by atoms with Crippen molar-refractivity contribution in [1.29, 1.82) is 0 Å². The first-order chi connectivity index (χ1) is 8.13. The highest BCUT2D eigenvalue weighted by Gasteiger charge is 2.17. The minimum atomic E-state index is -0.291. The molecule has 0 amide bonds. The quantitative estimate of drug-likeness (QED) is 0.556. The number of likely N-dealkylation sites (tertiary alicyclic amines) is 1. The van der Waals surface area contributed by atoms with Crippen molar-refractivity contribution in [3.8, 4) is 0 Å². The van der Waals surface area contributed by atoms with Gasteiger partial charge in [0.2, 0.25) is 0 Å². The van der Waals surface area contributed by atoms with Crippen LogP contribution in [0.25, 0.3) is 0 Å². The zero-order chi connectivity index (χ0) is 12.7. The Balaban J connectivity index is 2.14. The van der Waals surface area contributed by atoms with E-state index in [4.69, 9.17) is 4.74 Å². The normalized spacial score (nSPS) is 21.2. The highest BCUT2D eigenvalue weighted by Crippen LogP contribution is 2.13. The van der Waals surface area contributed by atoms with Crippen LogP contribution in [0.15, 0.2) is 12.2 Å². The summed E-state index contributed by atoms with van der Waals surface area (Å²) in [6, 6.07) is 0. The number of piperidine rings is 1. The van der Waals surface area contributed by atoms with Crippen LogP contribution in [0.4, 0.5) is 0 Å². The van der Waals surface area contributed by atoms with E-state index in [1.54, 1.807) is 6.92 Å². The van der Waals surface area contributed by atoms with Gasteiger partial charge in [-0.05, 0) is 45.8 Å². The van der Waals surface area contributed by atoms with E-state index >= 15 is 0 Å². The maximum atomic E-state index is 11.3. The van der Waals surface area contributed by atoms with E-state index in [2.05, 4.69) is 23.8 Å². The standard InChI is InChI=1S/C13H24N2O2/c1-4-17-13(16)11(2)8-14-9-12-6-5-7-15(3)10-12/h12,14H,2,4-10H2,1,3H3. The van der Waals surface area contributed by atoms with Gasteiger partial charge in [-0.3, -0.25) is 0 Å². The fraction of sp³-hybridized carbons (Fsp3) is 0.769. The monoisotopic (exact) mass is 240 g/mol. The Labute approximate surface area is 104 Å². The van der Waals surface area contributed by atoms with Gasteiger partial charge in [-0.15, -0.1) is 0 Å². The number of esters is 1. The summed E-state index contributed by atoms with van der Waals surface area (Å²) in [5.41, 5.74) is 0.510. The summed E-state index contributed by atoms with van der Waals surface area (Å²) in [6.45, 7) is 9.75. The van der Waals surface area contributed by atoms with Gasteiger partial charge < -0.3 is 15.0 Å². The zero-order valence-corrected chi connectivity index (χ0v) is 11.0. The number of hydrogen-bond acceptors (Lipinski definition) is 4. The van der Waals surface area contributed by atoms with Crippen molar-refractivity contribution in [2.45, 2.75) is 19.8 Å². The van der Waals surface area contributed by atoms with Gasteiger partial charge in [0.15, 0.2) is 0 Å². The SMILES string of the molecule is C=C(CNCC1CCCN(C)C1)C(=O)OCC. The molecule has 1 heterocycles. The maximum Gasteiger partial charge on any atom is 0.334 e. The summed E-state index contributed by atoms with van der Waals surface area (Å²) >= 11 is 0. The second kappa shape index (κ2) is 7.45. The molecule has 0 aromatic rings. The summed E-state index contributed by atoms with van der Waals surface area (Å²) in [5.74, 6) is 0.393. The second-order valence-electron chi connectivity index (χ2n) is 4.73. The smallest absolute Gasteiger partial charge is 0.334 e. The zero-order valence-electron chi connectivity index (χ0n) is 11.0. The molecule has 1 atom stereocenters. The fourth-order valence-corrected chi connectivity index (χ4v) is 2.17. The molecular weight excluding hydrogens is 216 g/mol. The highest BCUT2D eigenvalue weighted by molar-refractivity contribution is 5.88. The summed E-state index contributed by atoms with van der Waals surface area (Å²) in [6.07, 6.45) is 2.53. The summed E-state index contributed by atoms with van der Waals surface area (Å²) in [7, 11) is 2.16. The number of nitrogens with one attached hydrogen (secondary N) is 1. The molecule has 0 aromatic heterocycles. The molecule has 1 aliphatic heterocycles. The largest absolute Gasteiger partial charge is 0.463 e. The minimum absolute atomic E-state index is 0.291. The van der Waals surface area contributed by atoms with Crippen molar-refractivity contribution in [3.05, 3.63) is 12.2 Å². The molecule has 1 fully saturated rings. The van der Waals surface area contributed by atoms with E-state index in [1.165, 1.54) is 19.4 Å². The van der Waals surface area contributed by atoms with E-state index in [-0.39, 0.29) is 5.97 Å². The van der Waals surface area contributed by atoms with E-state index in [0.717, 1.165) is 13.1 Å². The predicted octanol–water partition coefficient (Wildman–Crippen LogP) is 1.04. The van der Waals surface area contributed by atoms with Crippen molar-refractivity contribution >= 4 is 5.97 Å². The molecule has 1 rings (SSSR count). The lowest BCUT2D eigenvalue weighted by atomic mass is 9.98. The Morgan fingerprint density at radius 1 is 1.59 bits per heavy atom. The Morgan fingerprint density at radius 3 is 3.00 bits per heavy atom. The molecule has 4 heteroatoms. The molecular formula is C13H24N2O2. The Kier molecular flexibility index (Phi) is 6.22. The van der Waals surface area contributed by atoms with Crippen molar-refractivity contribution in [1.82, 2.24) is 10.2 Å². The fourth-order valence-electron chi connectivity index (χ4n) is 2.17. The number of rotatable bonds is 6. The first kappa shape index (κ1) is 14.2. The van der Waals surface area contributed by atoms with E-state index < -0.39 is 0 Å². The van der Waals surface area contributed by atoms with Crippen LogP contribution >= 0.6 is 0 Å². The summed E-state index contributed by atoms with van der Waals surface area (Å²) < 4.78 is 4.88. The van der Waals surface area contributed by atoms with Crippen LogP contribution in [0.5, 0.6) is 0 Å². The van der Waals surface area contributed by atoms with Gasteiger partial charge in [0.1, 0.15) is 0 Å². The summed E-state index contributed by atoms with van der Waals surface area (Å²) in [5, 5.41) is 3.29. The molecule has 0 saturated carbocycles. The average molecular weight is 240 g/mol. The molecule has 98 valence electrons. The number of ether oxygens (including phenoxy) is 1. The summed E-state index contributed by atoms with van der Waals surface area (Å²) in [4.78, 5) is 13.7. The molecule has 0 bridgehead atoms. The molecule has 0 aromatic carbocycles. The van der Waals surface area contributed by atoms with Crippen LogP contribution in [0.2, 0.25) is 0 Å². The molecule has 1 unspecified atom stereocenters. The van der Waals surface area contributed by atoms with Gasteiger partial charge in [0.05, 0.1) is 6.61 Å². The van der Waals surface area contributed by atoms with Crippen molar-refractivity contribution in [2.24, 2.45) is 5.92 Å². The van der Waals surface area contributed by atoms with E-state index in [9.17, 15) is 4.79 Å². The van der Waals surface area contributed by atoms with Crippen molar-refractivity contribution in [2.75, 3.05) is 39.8 Å². The number of carbonyl (C=O) groups is 1. The molecule has 0 aliphatic carbocycles. The van der Waals surface area contributed by atoms with Gasteiger partial charge in [0, 0.05) is 18.7 Å². The minimum Gasteiger partial charge on any atom is -0.463 e. The van der Waals surface area contributed by atoms with Crippen LogP contribution in [0, 0.1) is 5.92 Å². The molecule has 17 heavy (non-hydrogen) atoms. The first-order valence-electron chi connectivity index (χ1n) is 6.37.